The van der Waals surface area contributed by atoms with Gasteiger partial charge in [0, 0.05) is 35.5 Å². The SMILES string of the molecule is COc1cccc(C(c2[nH]c3ccccc3c2CCOC(=O)c2ccccc2OC)c2c(O)c3ccccc3n(C)c2=O)c1. The summed E-state index contributed by atoms with van der Waals surface area (Å²) in [6.45, 7) is 0.0816. The average molecular weight is 589 g/mol. The first-order valence-electron chi connectivity index (χ1n) is 14.3. The minimum atomic E-state index is -0.694. The number of nitrogens with zero attached hydrogens (tertiary/aromatic N) is 1. The van der Waals surface area contributed by atoms with E-state index in [0.717, 1.165) is 27.7 Å². The first-order chi connectivity index (χ1) is 21.4. The van der Waals surface area contributed by atoms with Crippen molar-refractivity contribution >= 4 is 27.8 Å². The van der Waals surface area contributed by atoms with Crippen LogP contribution in [-0.2, 0) is 18.2 Å². The summed E-state index contributed by atoms with van der Waals surface area (Å²) in [6.07, 6.45) is 0.357. The Morgan fingerprint density at radius 2 is 1.61 bits per heavy atom. The van der Waals surface area contributed by atoms with Crippen LogP contribution in [0.25, 0.3) is 21.8 Å². The maximum atomic E-state index is 14.1. The number of ether oxygens (including phenoxy) is 3. The van der Waals surface area contributed by atoms with Crippen LogP contribution in [0.4, 0.5) is 0 Å². The first kappa shape index (κ1) is 28.6. The highest BCUT2D eigenvalue weighted by Gasteiger charge is 2.30. The number of H-pyrrole nitrogens is 1. The van der Waals surface area contributed by atoms with E-state index in [9.17, 15) is 14.7 Å². The summed E-state index contributed by atoms with van der Waals surface area (Å²) in [4.78, 5) is 30.6. The van der Waals surface area contributed by atoms with Crippen LogP contribution in [0, 0.1) is 0 Å². The number of nitrogens with one attached hydrogen (secondary N) is 1. The number of aromatic amines is 1. The Bertz CT molecular complexity index is 2060. The topological polar surface area (TPSA) is 103 Å². The Morgan fingerprint density at radius 1 is 0.886 bits per heavy atom. The van der Waals surface area contributed by atoms with E-state index in [1.165, 1.54) is 7.11 Å². The van der Waals surface area contributed by atoms with Crippen LogP contribution in [-0.4, -0.2) is 41.5 Å². The summed E-state index contributed by atoms with van der Waals surface area (Å²) in [5.41, 5.74) is 4.09. The third-order valence-electron chi connectivity index (χ3n) is 8.07. The first-order valence-corrected chi connectivity index (χ1v) is 14.3. The fraction of sp³-hybridized carbons (Fsp3) is 0.167. The lowest BCUT2D eigenvalue weighted by atomic mass is 9.85. The third kappa shape index (κ3) is 5.04. The van der Waals surface area contributed by atoms with Crippen molar-refractivity contribution in [1.29, 1.82) is 0 Å². The number of methoxy groups -OCH3 is 2. The number of para-hydroxylation sites is 3. The largest absolute Gasteiger partial charge is 0.507 e. The number of fused-ring (bicyclic) bond motifs is 2. The lowest BCUT2D eigenvalue weighted by molar-refractivity contribution is 0.0505. The molecule has 0 amide bonds. The van der Waals surface area contributed by atoms with E-state index in [4.69, 9.17) is 14.2 Å². The molecule has 6 aromatic rings. The molecule has 2 N–H and O–H groups in total. The highest BCUT2D eigenvalue weighted by atomic mass is 16.5. The molecule has 222 valence electrons. The molecule has 8 nitrogen and oxygen atoms in total. The molecule has 0 saturated heterocycles. The molecule has 0 aliphatic carbocycles. The van der Waals surface area contributed by atoms with E-state index in [-0.39, 0.29) is 23.5 Å². The van der Waals surface area contributed by atoms with Crippen LogP contribution in [0.5, 0.6) is 17.2 Å². The van der Waals surface area contributed by atoms with Crippen molar-refractivity contribution < 1.29 is 24.1 Å². The van der Waals surface area contributed by atoms with E-state index in [1.54, 1.807) is 49.1 Å². The van der Waals surface area contributed by atoms with Gasteiger partial charge in [0.15, 0.2) is 0 Å². The number of aromatic nitrogens is 2. The predicted octanol–water partition coefficient (Wildman–Crippen LogP) is 6.32. The normalized spacial score (nSPS) is 11.9. The van der Waals surface area contributed by atoms with Gasteiger partial charge < -0.3 is 28.9 Å². The summed E-state index contributed by atoms with van der Waals surface area (Å²) in [5.74, 6) is -0.210. The van der Waals surface area contributed by atoms with Gasteiger partial charge in [-0.25, -0.2) is 4.79 Å². The molecule has 0 spiro atoms. The molecule has 0 radical (unpaired) electrons. The number of rotatable bonds is 9. The lowest BCUT2D eigenvalue weighted by Gasteiger charge is -2.22. The van der Waals surface area contributed by atoms with E-state index < -0.39 is 11.9 Å². The van der Waals surface area contributed by atoms with Gasteiger partial charge in [-0.15, -0.1) is 0 Å². The molecule has 1 atom stereocenters. The van der Waals surface area contributed by atoms with E-state index in [2.05, 4.69) is 4.98 Å². The molecule has 0 aliphatic heterocycles. The molecule has 0 aliphatic rings. The Hall–Kier alpha value is -5.50. The summed E-state index contributed by atoms with van der Waals surface area (Å²) < 4.78 is 18.2. The van der Waals surface area contributed by atoms with Crippen molar-refractivity contribution in [2.24, 2.45) is 7.05 Å². The Morgan fingerprint density at radius 3 is 2.41 bits per heavy atom. The van der Waals surface area contributed by atoms with E-state index >= 15 is 0 Å². The molecule has 1 unspecified atom stereocenters. The van der Waals surface area contributed by atoms with Crippen LogP contribution in [0.15, 0.2) is 102 Å². The summed E-state index contributed by atoms with van der Waals surface area (Å²) in [7, 11) is 4.81. The summed E-state index contributed by atoms with van der Waals surface area (Å²) >= 11 is 0. The van der Waals surface area contributed by atoms with Crippen LogP contribution in [0.3, 0.4) is 0 Å². The Labute approximate surface area is 254 Å². The van der Waals surface area contributed by atoms with Crippen molar-refractivity contribution in [3.05, 3.63) is 135 Å². The zero-order valence-corrected chi connectivity index (χ0v) is 24.7. The van der Waals surface area contributed by atoms with Gasteiger partial charge in [-0.1, -0.05) is 54.6 Å². The van der Waals surface area contributed by atoms with Crippen LogP contribution in [0.2, 0.25) is 0 Å². The zero-order chi connectivity index (χ0) is 30.8. The average Bonchev–Trinajstić information content (AvgIpc) is 3.43. The van der Waals surface area contributed by atoms with Crippen LogP contribution < -0.4 is 15.0 Å². The number of carbonyl (C=O) groups is 1. The number of aryl methyl sites for hydroxylation is 1. The van der Waals surface area contributed by atoms with Crippen LogP contribution >= 0.6 is 0 Å². The summed E-state index contributed by atoms with van der Waals surface area (Å²) in [5, 5.41) is 13.2. The molecule has 4 aromatic carbocycles. The lowest BCUT2D eigenvalue weighted by Crippen LogP contribution is -2.25. The maximum absolute atomic E-state index is 14.1. The fourth-order valence-corrected chi connectivity index (χ4v) is 5.94. The highest BCUT2D eigenvalue weighted by molar-refractivity contribution is 5.92. The van der Waals surface area contributed by atoms with Crippen molar-refractivity contribution in [3.8, 4) is 17.2 Å². The Kier molecular flexibility index (Phi) is 7.81. The summed E-state index contributed by atoms with van der Waals surface area (Å²) in [6, 6.07) is 29.5. The number of pyridine rings is 1. The third-order valence-corrected chi connectivity index (χ3v) is 8.07. The number of hydrogen-bond acceptors (Lipinski definition) is 6. The van der Waals surface area contributed by atoms with Gasteiger partial charge in [-0.3, -0.25) is 4.79 Å². The molecule has 6 rings (SSSR count). The smallest absolute Gasteiger partial charge is 0.341 e. The van der Waals surface area contributed by atoms with Gasteiger partial charge in [0.1, 0.15) is 22.8 Å². The van der Waals surface area contributed by atoms with E-state index in [1.807, 2.05) is 66.7 Å². The van der Waals surface area contributed by atoms with Gasteiger partial charge >= 0.3 is 5.97 Å². The van der Waals surface area contributed by atoms with Crippen LogP contribution in [0.1, 0.15) is 38.7 Å². The van der Waals surface area contributed by atoms with Gasteiger partial charge in [-0.05, 0) is 53.6 Å². The monoisotopic (exact) mass is 588 g/mol. The standard InChI is InChI=1S/C36H32N2O6/c1-38-29-17-8-5-14-26(29)34(39)32(35(38)40)31(22-11-10-12-23(21-22)42-2)33-25(24-13-4-7-16-28(24)37-33)19-20-44-36(41)27-15-6-9-18-30(27)43-3/h4-18,21,31,37,39H,19-20H2,1-3H3. The minimum Gasteiger partial charge on any atom is -0.507 e. The molecule has 44 heavy (non-hydrogen) atoms. The number of hydrogen-bond donors (Lipinski definition) is 2. The molecular weight excluding hydrogens is 556 g/mol. The van der Waals surface area contributed by atoms with Gasteiger partial charge in [0.05, 0.1) is 37.8 Å². The van der Waals surface area contributed by atoms with Gasteiger partial charge in [-0.2, -0.15) is 0 Å². The number of carbonyl (C=O) groups excluding carboxylic acids is 1. The highest BCUT2D eigenvalue weighted by Crippen LogP contribution is 2.41. The number of benzene rings is 4. The zero-order valence-electron chi connectivity index (χ0n) is 24.7. The van der Waals surface area contributed by atoms with Crippen molar-refractivity contribution in [2.45, 2.75) is 12.3 Å². The molecule has 0 bridgehead atoms. The second-order valence-corrected chi connectivity index (χ2v) is 10.5. The fourth-order valence-electron chi connectivity index (χ4n) is 5.94. The molecular formula is C36H32N2O6. The van der Waals surface area contributed by atoms with Crippen molar-refractivity contribution in [3.63, 3.8) is 0 Å². The maximum Gasteiger partial charge on any atom is 0.341 e. The number of aromatic hydroxyl groups is 1. The second-order valence-electron chi connectivity index (χ2n) is 10.5. The van der Waals surface area contributed by atoms with Crippen molar-refractivity contribution in [1.82, 2.24) is 9.55 Å². The van der Waals surface area contributed by atoms with Gasteiger partial charge in [0.25, 0.3) is 5.56 Å². The van der Waals surface area contributed by atoms with Crippen molar-refractivity contribution in [2.75, 3.05) is 20.8 Å². The quantitative estimate of drug-likeness (QED) is 0.192. The number of esters is 1. The molecule has 0 saturated carbocycles. The predicted molar refractivity (Wildman–Crippen MR) is 170 cm³/mol. The Balaban J connectivity index is 1.51. The van der Waals surface area contributed by atoms with E-state index in [0.29, 0.717) is 34.4 Å². The molecule has 0 fully saturated rings. The minimum absolute atomic E-state index is 0.0799. The molecule has 2 aromatic heterocycles. The van der Waals surface area contributed by atoms with Gasteiger partial charge in [0.2, 0.25) is 0 Å². The second kappa shape index (κ2) is 12.0. The molecule has 8 heteroatoms. The molecule has 2 heterocycles.